The number of amides is 1. The highest BCUT2D eigenvalue weighted by molar-refractivity contribution is 5.85. The van der Waals surface area contributed by atoms with Gasteiger partial charge in [-0.2, -0.15) is 0 Å². The maximum absolute atomic E-state index is 11.4. The normalized spacial score (nSPS) is 9.52. The molecule has 21 heavy (non-hydrogen) atoms. The van der Waals surface area contributed by atoms with Crippen molar-refractivity contribution in [2.75, 3.05) is 41.5 Å². The quantitative estimate of drug-likeness (QED) is 0.749. The molecule has 0 spiro atoms. The van der Waals surface area contributed by atoms with Gasteiger partial charge in [0.15, 0.2) is 11.5 Å². The van der Waals surface area contributed by atoms with E-state index in [1.54, 1.807) is 28.4 Å². The highest BCUT2D eigenvalue weighted by Gasteiger charge is 2.15. The van der Waals surface area contributed by atoms with E-state index in [1.807, 2.05) is 12.1 Å². The first-order valence-corrected chi connectivity index (χ1v) is 6.37. The number of ether oxygens (including phenoxy) is 3. The zero-order valence-electron chi connectivity index (χ0n) is 12.8. The lowest BCUT2D eigenvalue weighted by atomic mass is 10.1. The molecule has 1 aromatic rings. The van der Waals surface area contributed by atoms with Gasteiger partial charge in [-0.15, -0.1) is 12.4 Å². The minimum absolute atomic E-state index is 0. The number of carbonyl (C=O) groups excluding carboxylic acids is 1. The van der Waals surface area contributed by atoms with Gasteiger partial charge >= 0.3 is 0 Å². The van der Waals surface area contributed by atoms with E-state index < -0.39 is 0 Å². The van der Waals surface area contributed by atoms with E-state index in [2.05, 4.69) is 10.6 Å². The number of benzene rings is 1. The third kappa shape index (κ3) is 5.32. The predicted octanol–water partition coefficient (Wildman–Crippen LogP) is 1.01. The van der Waals surface area contributed by atoms with Gasteiger partial charge in [0.05, 0.1) is 27.9 Å². The SMILES string of the molecule is CNCC(=O)NCCc1ccc(OC)c(OC)c1OC.Cl. The lowest BCUT2D eigenvalue weighted by molar-refractivity contribution is -0.120. The van der Waals surface area contributed by atoms with Gasteiger partial charge < -0.3 is 24.8 Å². The smallest absolute Gasteiger partial charge is 0.233 e. The fraction of sp³-hybridized carbons (Fsp3) is 0.500. The van der Waals surface area contributed by atoms with Gasteiger partial charge in [0.25, 0.3) is 0 Å². The zero-order valence-corrected chi connectivity index (χ0v) is 13.6. The third-order valence-electron chi connectivity index (χ3n) is 2.84. The fourth-order valence-corrected chi connectivity index (χ4v) is 1.92. The minimum atomic E-state index is -0.0352. The Labute approximate surface area is 131 Å². The van der Waals surface area contributed by atoms with Crippen molar-refractivity contribution in [2.45, 2.75) is 6.42 Å². The van der Waals surface area contributed by atoms with Gasteiger partial charge in [0.2, 0.25) is 11.7 Å². The molecule has 7 heteroatoms. The summed E-state index contributed by atoms with van der Waals surface area (Å²) in [7, 11) is 6.46. The maximum Gasteiger partial charge on any atom is 0.233 e. The molecule has 6 nitrogen and oxygen atoms in total. The summed E-state index contributed by atoms with van der Waals surface area (Å²) in [5, 5.41) is 5.62. The molecule has 0 aromatic heterocycles. The third-order valence-corrected chi connectivity index (χ3v) is 2.84. The number of methoxy groups -OCH3 is 3. The predicted molar refractivity (Wildman–Crippen MR) is 84.0 cm³/mol. The first kappa shape index (κ1) is 19.3. The van der Waals surface area contributed by atoms with Crippen LogP contribution in [0.25, 0.3) is 0 Å². The summed E-state index contributed by atoms with van der Waals surface area (Å²) in [4.78, 5) is 11.4. The molecule has 0 unspecified atom stereocenters. The molecule has 0 atom stereocenters. The first-order chi connectivity index (χ1) is 9.67. The molecule has 1 aromatic carbocycles. The lowest BCUT2D eigenvalue weighted by Gasteiger charge is -2.15. The van der Waals surface area contributed by atoms with Crippen LogP contribution in [0.2, 0.25) is 0 Å². The summed E-state index contributed by atoms with van der Waals surface area (Å²) in [6.45, 7) is 0.843. The van der Waals surface area contributed by atoms with Gasteiger partial charge in [-0.3, -0.25) is 4.79 Å². The molecule has 0 aliphatic rings. The van der Waals surface area contributed by atoms with Crippen LogP contribution in [0.15, 0.2) is 12.1 Å². The average Bonchev–Trinajstić information content (AvgIpc) is 2.46. The van der Waals surface area contributed by atoms with E-state index in [0.717, 1.165) is 5.56 Å². The second-order valence-electron chi connectivity index (χ2n) is 4.12. The first-order valence-electron chi connectivity index (χ1n) is 6.37. The average molecular weight is 319 g/mol. The number of likely N-dealkylation sites (N-methyl/N-ethyl adjacent to an activating group) is 1. The van der Waals surface area contributed by atoms with Crippen LogP contribution in [0.5, 0.6) is 17.2 Å². The Balaban J connectivity index is 0.00000400. The number of hydrogen-bond donors (Lipinski definition) is 2. The molecule has 0 aliphatic heterocycles. The highest BCUT2D eigenvalue weighted by Crippen LogP contribution is 2.39. The van der Waals surface area contributed by atoms with Crippen LogP contribution in [-0.4, -0.2) is 47.4 Å². The molecule has 0 fully saturated rings. The number of carbonyl (C=O) groups is 1. The van der Waals surface area contributed by atoms with Crippen molar-refractivity contribution in [1.82, 2.24) is 10.6 Å². The molecule has 0 radical (unpaired) electrons. The van der Waals surface area contributed by atoms with Gasteiger partial charge in [-0.25, -0.2) is 0 Å². The Morgan fingerprint density at radius 3 is 2.29 bits per heavy atom. The monoisotopic (exact) mass is 318 g/mol. The van der Waals surface area contributed by atoms with E-state index in [1.165, 1.54) is 0 Å². The Bertz CT molecular complexity index is 455. The summed E-state index contributed by atoms with van der Waals surface area (Å²) in [5.41, 5.74) is 0.954. The van der Waals surface area contributed by atoms with Crippen LogP contribution in [0.1, 0.15) is 5.56 Å². The Hall–Kier alpha value is -1.66. The summed E-state index contributed by atoms with van der Waals surface area (Å²) in [6.07, 6.45) is 0.652. The van der Waals surface area contributed by atoms with Crippen molar-refractivity contribution >= 4 is 18.3 Å². The van der Waals surface area contributed by atoms with Crippen LogP contribution >= 0.6 is 12.4 Å². The van der Waals surface area contributed by atoms with Gasteiger partial charge in [0, 0.05) is 12.1 Å². The molecule has 1 rings (SSSR count). The zero-order chi connectivity index (χ0) is 15.0. The number of nitrogens with one attached hydrogen (secondary N) is 2. The van der Waals surface area contributed by atoms with E-state index in [-0.39, 0.29) is 18.3 Å². The number of halogens is 1. The second kappa shape index (κ2) is 10.1. The van der Waals surface area contributed by atoms with Gasteiger partial charge in [-0.05, 0) is 19.5 Å². The largest absolute Gasteiger partial charge is 0.493 e. The van der Waals surface area contributed by atoms with E-state index >= 15 is 0 Å². The molecule has 0 saturated heterocycles. The summed E-state index contributed by atoms with van der Waals surface area (Å²) >= 11 is 0. The van der Waals surface area contributed by atoms with Crippen molar-refractivity contribution in [3.05, 3.63) is 17.7 Å². The van der Waals surface area contributed by atoms with Crippen LogP contribution in [0.3, 0.4) is 0 Å². The number of hydrogen-bond acceptors (Lipinski definition) is 5. The molecular formula is C14H23ClN2O4. The summed E-state index contributed by atoms with van der Waals surface area (Å²) in [5.74, 6) is 1.78. The lowest BCUT2D eigenvalue weighted by Crippen LogP contribution is -2.33. The fourth-order valence-electron chi connectivity index (χ4n) is 1.92. The topological polar surface area (TPSA) is 68.8 Å². The van der Waals surface area contributed by atoms with Crippen molar-refractivity contribution in [1.29, 1.82) is 0 Å². The number of rotatable bonds is 8. The van der Waals surface area contributed by atoms with E-state index in [0.29, 0.717) is 36.8 Å². The molecule has 0 heterocycles. The van der Waals surface area contributed by atoms with Crippen LogP contribution in [-0.2, 0) is 11.2 Å². The Morgan fingerprint density at radius 2 is 1.76 bits per heavy atom. The summed E-state index contributed by atoms with van der Waals surface area (Å²) < 4.78 is 15.9. The minimum Gasteiger partial charge on any atom is -0.493 e. The van der Waals surface area contributed by atoms with Crippen molar-refractivity contribution in [3.63, 3.8) is 0 Å². The molecular weight excluding hydrogens is 296 g/mol. The van der Waals surface area contributed by atoms with Gasteiger partial charge in [-0.1, -0.05) is 6.07 Å². The second-order valence-corrected chi connectivity index (χ2v) is 4.12. The molecule has 0 saturated carbocycles. The van der Waals surface area contributed by atoms with Crippen molar-refractivity contribution in [3.8, 4) is 17.2 Å². The molecule has 1 amide bonds. The van der Waals surface area contributed by atoms with Crippen LogP contribution < -0.4 is 24.8 Å². The Morgan fingerprint density at radius 1 is 1.10 bits per heavy atom. The summed E-state index contributed by atoms with van der Waals surface area (Å²) in [6, 6.07) is 3.73. The van der Waals surface area contributed by atoms with Gasteiger partial charge in [0.1, 0.15) is 0 Å². The molecule has 0 bridgehead atoms. The van der Waals surface area contributed by atoms with Crippen LogP contribution in [0.4, 0.5) is 0 Å². The van der Waals surface area contributed by atoms with E-state index in [9.17, 15) is 4.79 Å². The highest BCUT2D eigenvalue weighted by atomic mass is 35.5. The Kier molecular flexibility index (Phi) is 9.32. The standard InChI is InChI=1S/C14H22N2O4.ClH/c1-15-9-12(17)16-8-7-10-5-6-11(18-2)14(20-4)13(10)19-3;/h5-6,15H,7-9H2,1-4H3,(H,16,17);1H. The van der Waals surface area contributed by atoms with Crippen LogP contribution in [0, 0.1) is 0 Å². The van der Waals surface area contributed by atoms with Crippen molar-refractivity contribution in [2.24, 2.45) is 0 Å². The maximum atomic E-state index is 11.4. The molecule has 120 valence electrons. The molecule has 0 aliphatic carbocycles. The van der Waals surface area contributed by atoms with E-state index in [4.69, 9.17) is 14.2 Å². The van der Waals surface area contributed by atoms with Crippen molar-refractivity contribution < 1.29 is 19.0 Å². The molecule has 2 N–H and O–H groups in total.